The summed E-state index contributed by atoms with van der Waals surface area (Å²) in [6.45, 7) is 0.0843. The third-order valence-corrected chi connectivity index (χ3v) is 8.78. The summed E-state index contributed by atoms with van der Waals surface area (Å²) in [6.07, 6.45) is 3.96. The zero-order valence-corrected chi connectivity index (χ0v) is 20.8. The van der Waals surface area contributed by atoms with E-state index in [0.29, 0.717) is 18.9 Å². The highest BCUT2D eigenvalue weighted by Gasteiger charge is 2.47. The van der Waals surface area contributed by atoms with Gasteiger partial charge in [-0.3, -0.25) is 4.79 Å². The lowest BCUT2D eigenvalue weighted by atomic mass is 9.73. The first-order valence-corrected chi connectivity index (χ1v) is 13.0. The molecular formula is C25H27F2N7O2S. The molecule has 194 valence electrons. The van der Waals surface area contributed by atoms with Crippen LogP contribution in [0.5, 0.6) is 0 Å². The summed E-state index contributed by atoms with van der Waals surface area (Å²) in [7, 11) is 0. The van der Waals surface area contributed by atoms with E-state index in [1.807, 2.05) is 12.1 Å². The first-order chi connectivity index (χ1) is 17.7. The summed E-state index contributed by atoms with van der Waals surface area (Å²) in [4.78, 5) is 29.0. The second-order valence-electron chi connectivity index (χ2n) is 10.1. The van der Waals surface area contributed by atoms with Crippen molar-refractivity contribution in [2.45, 2.75) is 44.4 Å². The normalized spacial score (nSPS) is 21.7. The molecule has 1 saturated heterocycles. The number of anilines is 2. The molecule has 6 rings (SSSR count). The van der Waals surface area contributed by atoms with E-state index < -0.39 is 25.0 Å². The monoisotopic (exact) mass is 527 g/mol. The highest BCUT2D eigenvalue weighted by molar-refractivity contribution is 7.15. The predicted octanol–water partition coefficient (Wildman–Crippen LogP) is 2.60. The van der Waals surface area contributed by atoms with Gasteiger partial charge in [-0.05, 0) is 35.8 Å². The molecule has 1 atom stereocenters. The minimum absolute atomic E-state index is 0.0126. The second kappa shape index (κ2) is 8.67. The Morgan fingerprint density at radius 1 is 1.22 bits per heavy atom. The van der Waals surface area contributed by atoms with E-state index in [0.717, 1.165) is 35.5 Å². The van der Waals surface area contributed by atoms with Gasteiger partial charge in [-0.15, -0.1) is 0 Å². The molecule has 9 nitrogen and oxygen atoms in total. The fourth-order valence-electron chi connectivity index (χ4n) is 5.98. The van der Waals surface area contributed by atoms with Crippen LogP contribution in [0, 0.1) is 5.41 Å². The minimum Gasteiger partial charge on any atom is -0.390 e. The van der Waals surface area contributed by atoms with Crippen LogP contribution < -0.4 is 16.4 Å². The Hall–Kier alpha value is -3.22. The molecule has 2 aliphatic heterocycles. The van der Waals surface area contributed by atoms with Crippen LogP contribution in [0.2, 0.25) is 0 Å². The van der Waals surface area contributed by atoms with Crippen molar-refractivity contribution in [3.63, 3.8) is 0 Å². The highest BCUT2D eigenvalue weighted by atomic mass is 32.1. The van der Waals surface area contributed by atoms with Gasteiger partial charge >= 0.3 is 5.92 Å². The number of thiazole rings is 1. The number of fused-ring (bicyclic) bond motifs is 2. The molecule has 4 heterocycles. The van der Waals surface area contributed by atoms with Gasteiger partial charge in [-0.25, -0.2) is 15.0 Å². The van der Waals surface area contributed by atoms with Crippen molar-refractivity contribution >= 4 is 28.2 Å². The predicted molar refractivity (Wildman–Crippen MR) is 134 cm³/mol. The van der Waals surface area contributed by atoms with Crippen LogP contribution in [-0.2, 0) is 25.5 Å². The van der Waals surface area contributed by atoms with Gasteiger partial charge in [0.1, 0.15) is 17.1 Å². The number of piperidine rings is 1. The van der Waals surface area contributed by atoms with Gasteiger partial charge in [0, 0.05) is 19.1 Å². The summed E-state index contributed by atoms with van der Waals surface area (Å²) in [5.41, 5.74) is 14.6. The molecule has 2 aromatic heterocycles. The summed E-state index contributed by atoms with van der Waals surface area (Å²) >= 11 is 0.943. The van der Waals surface area contributed by atoms with Crippen molar-refractivity contribution in [2.75, 3.05) is 30.3 Å². The number of nitrogens with zero attached hydrogens (tertiary/aromatic N) is 5. The number of nitrogens with two attached hydrogens (primary N) is 2. The average Bonchev–Trinajstić information content (AvgIpc) is 3.41. The van der Waals surface area contributed by atoms with Gasteiger partial charge in [0.05, 0.1) is 30.8 Å². The maximum atomic E-state index is 14.6. The molecule has 3 aliphatic rings. The molecule has 3 aromatic rings. The quantitative estimate of drug-likeness (QED) is 0.473. The van der Waals surface area contributed by atoms with Crippen LogP contribution in [0.15, 0.2) is 30.5 Å². The summed E-state index contributed by atoms with van der Waals surface area (Å²) in [6, 6.07) is 8.29. The van der Waals surface area contributed by atoms with Crippen LogP contribution in [0.4, 0.5) is 19.7 Å². The van der Waals surface area contributed by atoms with Crippen molar-refractivity contribution < 1.29 is 18.7 Å². The molecule has 1 aliphatic carbocycles. The Labute approximate surface area is 216 Å². The largest absolute Gasteiger partial charge is 0.390 e. The summed E-state index contributed by atoms with van der Waals surface area (Å²) in [5.74, 6) is -3.49. The van der Waals surface area contributed by atoms with E-state index in [1.54, 1.807) is 0 Å². The lowest BCUT2D eigenvalue weighted by molar-refractivity contribution is -0.0479. The molecule has 1 unspecified atom stereocenters. The van der Waals surface area contributed by atoms with Gasteiger partial charge in [0.2, 0.25) is 0 Å². The van der Waals surface area contributed by atoms with Crippen LogP contribution in [0.1, 0.15) is 56.8 Å². The van der Waals surface area contributed by atoms with Crippen LogP contribution in [-0.4, -0.2) is 50.5 Å². The van der Waals surface area contributed by atoms with Crippen LogP contribution in [0.25, 0.3) is 0 Å². The van der Waals surface area contributed by atoms with Gasteiger partial charge in [0.15, 0.2) is 10.9 Å². The van der Waals surface area contributed by atoms with E-state index in [1.165, 1.54) is 17.3 Å². The Bertz CT molecular complexity index is 1370. The number of nitrogen functional groups attached to an aromatic ring is 1. The topological polar surface area (TPSA) is 134 Å². The fraction of sp³-hybridized carbons (Fsp3) is 0.440. The molecular weight excluding hydrogens is 500 g/mol. The summed E-state index contributed by atoms with van der Waals surface area (Å²) < 4.78 is 29.3. The van der Waals surface area contributed by atoms with Gasteiger partial charge in [-0.1, -0.05) is 35.6 Å². The standard InChI is InChI=1S/C25H27F2N7O2S/c26-25(27)13-34(11-18-20(25)32-23(29)37-18)22(36)16-10-30-21(17(12-35)31-16)33-7-5-24(6-8-33)9-14-3-1-2-4-15(14)19(24)28/h1-4,10,19,35H,5-9,11-13,28H2,(H2,29,32). The SMILES string of the molecule is Nc1nc2c(s1)CN(C(=O)c1cnc(N3CCC4(CC3)Cc3ccccc3C4N)c(CO)n1)CC2(F)F. The molecule has 1 aromatic carbocycles. The minimum atomic E-state index is -3.31. The number of halogens is 2. The number of rotatable bonds is 3. The zero-order chi connectivity index (χ0) is 25.9. The Kier molecular flexibility index (Phi) is 5.66. The van der Waals surface area contributed by atoms with Crippen LogP contribution in [0.3, 0.4) is 0 Å². The number of aliphatic hydroxyl groups excluding tert-OH is 1. The average molecular weight is 528 g/mol. The van der Waals surface area contributed by atoms with Crippen molar-refractivity contribution in [3.05, 3.63) is 63.5 Å². The number of aromatic nitrogens is 3. The number of aliphatic hydroxyl groups is 1. The van der Waals surface area contributed by atoms with Gasteiger partial charge in [0.25, 0.3) is 5.91 Å². The molecule has 1 amide bonds. The third-order valence-electron chi connectivity index (χ3n) is 7.91. The van der Waals surface area contributed by atoms with E-state index in [4.69, 9.17) is 11.5 Å². The molecule has 0 radical (unpaired) electrons. The Morgan fingerprint density at radius 2 is 1.97 bits per heavy atom. The second-order valence-corrected chi connectivity index (χ2v) is 11.2. The number of benzene rings is 1. The van der Waals surface area contributed by atoms with Crippen molar-refractivity contribution in [3.8, 4) is 0 Å². The first-order valence-electron chi connectivity index (χ1n) is 12.2. The third kappa shape index (κ3) is 3.94. The maximum Gasteiger partial charge on any atom is 0.308 e. The van der Waals surface area contributed by atoms with E-state index >= 15 is 0 Å². The van der Waals surface area contributed by atoms with Crippen molar-refractivity contribution in [1.82, 2.24) is 19.9 Å². The first kappa shape index (κ1) is 24.1. The number of amides is 1. The Morgan fingerprint density at radius 3 is 2.70 bits per heavy atom. The molecule has 1 fully saturated rings. The lowest BCUT2D eigenvalue weighted by Gasteiger charge is -2.42. The van der Waals surface area contributed by atoms with Crippen LogP contribution >= 0.6 is 11.3 Å². The Balaban J connectivity index is 1.19. The molecule has 5 N–H and O–H groups in total. The molecule has 0 saturated carbocycles. The fourth-order valence-corrected chi connectivity index (χ4v) is 6.88. The molecule has 0 bridgehead atoms. The number of carbonyl (C=O) groups is 1. The van der Waals surface area contributed by atoms with Crippen molar-refractivity contribution in [1.29, 1.82) is 0 Å². The van der Waals surface area contributed by atoms with E-state index in [2.05, 4.69) is 32.0 Å². The number of hydrogen-bond acceptors (Lipinski definition) is 9. The van der Waals surface area contributed by atoms with Crippen molar-refractivity contribution in [2.24, 2.45) is 11.1 Å². The highest BCUT2D eigenvalue weighted by Crippen LogP contribution is 2.51. The molecule has 37 heavy (non-hydrogen) atoms. The number of carbonyl (C=O) groups excluding carboxylic acids is 1. The van der Waals surface area contributed by atoms with E-state index in [9.17, 15) is 18.7 Å². The lowest BCUT2D eigenvalue weighted by Crippen LogP contribution is -2.45. The van der Waals surface area contributed by atoms with Gasteiger partial charge in [-0.2, -0.15) is 8.78 Å². The molecule has 1 spiro atoms. The molecule has 12 heteroatoms. The van der Waals surface area contributed by atoms with E-state index in [-0.39, 0.29) is 45.1 Å². The number of hydrogen-bond donors (Lipinski definition) is 3. The van der Waals surface area contributed by atoms with Gasteiger partial charge < -0.3 is 26.4 Å². The zero-order valence-electron chi connectivity index (χ0n) is 20.0. The smallest absolute Gasteiger partial charge is 0.308 e. The maximum absolute atomic E-state index is 14.6. The number of alkyl halides is 2. The summed E-state index contributed by atoms with van der Waals surface area (Å²) in [5, 5.41) is 10.1.